The van der Waals surface area contributed by atoms with Gasteiger partial charge in [-0.2, -0.15) is 0 Å². The first-order valence-corrected chi connectivity index (χ1v) is 7.03. The largest absolute Gasteiger partial charge is 0.442 e. The Balaban J connectivity index is 2.56. The van der Waals surface area contributed by atoms with Crippen LogP contribution in [0.2, 0.25) is 0 Å². The molecule has 0 radical (unpaired) electrons. The number of nitrogens with two attached hydrogens (primary N) is 1. The summed E-state index contributed by atoms with van der Waals surface area (Å²) >= 11 is 4.42. The molecule has 0 spiro atoms. The van der Waals surface area contributed by atoms with Crippen molar-refractivity contribution in [1.29, 1.82) is 0 Å². The third-order valence-corrected chi connectivity index (χ3v) is 3.85. The van der Waals surface area contributed by atoms with E-state index in [4.69, 9.17) is 15.6 Å². The number of rotatable bonds is 5. The molecule has 8 heteroatoms. The summed E-state index contributed by atoms with van der Waals surface area (Å²) in [5.41, 5.74) is 7.66. The molecule has 0 saturated heterocycles. The van der Waals surface area contributed by atoms with Gasteiger partial charge in [-0.05, 0) is 19.1 Å². The molecule has 7 nitrogen and oxygen atoms in total. The number of aliphatic hydroxyl groups excluding tert-OH is 1. The predicted molar refractivity (Wildman–Crippen MR) is 84.1 cm³/mol. The summed E-state index contributed by atoms with van der Waals surface area (Å²) in [6.45, 7) is 1.32. The van der Waals surface area contributed by atoms with E-state index in [-0.39, 0.29) is 19.9 Å². The Morgan fingerprint density at radius 1 is 1.36 bits per heavy atom. The van der Waals surface area contributed by atoms with Gasteiger partial charge < -0.3 is 15.6 Å². The van der Waals surface area contributed by atoms with Crippen LogP contribution in [0.1, 0.15) is 12.5 Å². The highest BCUT2D eigenvalue weighted by atomic mass is 32.1. The third kappa shape index (κ3) is 2.86. The van der Waals surface area contributed by atoms with Crippen LogP contribution < -0.4 is 11.1 Å². The SMILES string of the molecule is CC1=C(c2ccccc2N)[N+](S)(COCCO)C(=O)NC1=O. The maximum absolute atomic E-state index is 12.3. The van der Waals surface area contributed by atoms with Gasteiger partial charge in [-0.15, -0.1) is 3.89 Å². The zero-order chi connectivity index (χ0) is 16.3. The maximum Gasteiger partial charge on any atom is 0.442 e. The number of amides is 3. The summed E-state index contributed by atoms with van der Waals surface area (Å²) < 4.78 is 4.69. The van der Waals surface area contributed by atoms with E-state index in [1.807, 2.05) is 0 Å². The van der Waals surface area contributed by atoms with Crippen molar-refractivity contribution >= 4 is 36.1 Å². The molecule has 2 rings (SSSR count). The molecule has 1 atom stereocenters. The van der Waals surface area contributed by atoms with E-state index < -0.39 is 15.8 Å². The number of hydrogen-bond donors (Lipinski definition) is 4. The molecule has 118 valence electrons. The second-order valence-corrected chi connectivity index (χ2v) is 5.53. The number of nitrogen functional groups attached to an aromatic ring is 1. The van der Waals surface area contributed by atoms with Crippen LogP contribution >= 0.6 is 12.8 Å². The molecule has 3 amide bonds. The minimum atomic E-state index is -0.630. The summed E-state index contributed by atoms with van der Waals surface area (Å²) in [5.74, 6) is -0.492. The second-order valence-electron chi connectivity index (χ2n) is 4.85. The number of nitrogens with one attached hydrogen (secondary N) is 1. The number of quaternary nitrogens is 1. The van der Waals surface area contributed by atoms with E-state index in [0.717, 1.165) is 0 Å². The van der Waals surface area contributed by atoms with E-state index in [9.17, 15) is 9.59 Å². The lowest BCUT2D eigenvalue weighted by Crippen LogP contribution is -2.56. The van der Waals surface area contributed by atoms with Gasteiger partial charge in [-0.3, -0.25) is 4.79 Å². The normalized spacial score (nSPS) is 22.0. The van der Waals surface area contributed by atoms with Crippen LogP contribution in [0.15, 0.2) is 29.8 Å². The predicted octanol–water partition coefficient (Wildman–Crippen LogP) is 0.878. The monoisotopic (exact) mass is 324 g/mol. The first kappa shape index (κ1) is 16.5. The van der Waals surface area contributed by atoms with Crippen molar-refractivity contribution in [2.75, 3.05) is 25.7 Å². The van der Waals surface area contributed by atoms with E-state index >= 15 is 0 Å². The van der Waals surface area contributed by atoms with Crippen molar-refractivity contribution in [3.8, 4) is 0 Å². The lowest BCUT2D eigenvalue weighted by atomic mass is 10.0. The highest BCUT2D eigenvalue weighted by molar-refractivity contribution is 7.74. The quantitative estimate of drug-likeness (QED) is 0.279. The minimum absolute atomic E-state index is 0.0540. The van der Waals surface area contributed by atoms with Gasteiger partial charge >= 0.3 is 6.03 Å². The second kappa shape index (κ2) is 6.49. The summed E-state index contributed by atoms with van der Waals surface area (Å²) in [5, 5.41) is 11.1. The van der Waals surface area contributed by atoms with Gasteiger partial charge in [0.1, 0.15) is 0 Å². The summed E-state index contributed by atoms with van der Waals surface area (Å²) in [7, 11) is 0. The van der Waals surface area contributed by atoms with Gasteiger partial charge in [0.2, 0.25) is 6.73 Å². The molecule has 1 unspecified atom stereocenters. The maximum atomic E-state index is 12.3. The van der Waals surface area contributed by atoms with Crippen molar-refractivity contribution in [1.82, 2.24) is 5.32 Å². The molecule has 1 aromatic carbocycles. The Bertz CT molecular complexity index is 647. The van der Waals surface area contributed by atoms with Gasteiger partial charge in [0.15, 0.2) is 5.70 Å². The van der Waals surface area contributed by atoms with E-state index in [1.54, 1.807) is 31.2 Å². The Kier molecular flexibility index (Phi) is 4.87. The summed E-state index contributed by atoms with van der Waals surface area (Å²) in [6, 6.07) is 6.29. The van der Waals surface area contributed by atoms with Gasteiger partial charge in [0, 0.05) is 5.69 Å². The highest BCUT2D eigenvalue weighted by Gasteiger charge is 2.48. The van der Waals surface area contributed by atoms with Crippen molar-refractivity contribution in [2.24, 2.45) is 0 Å². The van der Waals surface area contributed by atoms with Gasteiger partial charge in [0.25, 0.3) is 5.91 Å². The topological polar surface area (TPSA) is 102 Å². The van der Waals surface area contributed by atoms with Crippen LogP contribution in [-0.4, -0.2) is 40.9 Å². The molecular weight excluding hydrogens is 306 g/mol. The van der Waals surface area contributed by atoms with Crippen LogP contribution in [0.4, 0.5) is 10.5 Å². The number of thiol groups is 1. The number of carbonyl (C=O) groups is 2. The highest BCUT2D eigenvalue weighted by Crippen LogP contribution is 2.38. The van der Waals surface area contributed by atoms with Crippen LogP contribution in [0.5, 0.6) is 0 Å². The molecule has 0 fully saturated rings. The van der Waals surface area contributed by atoms with Crippen molar-refractivity contribution < 1.29 is 23.3 Å². The standard InChI is InChI=1S/C14H17N3O4S/c1-9-12(10-4-2-3-5-11(10)15)17(22,8-21-7-6-18)14(20)16-13(9)19/h2-5,18,22H,6-8H2,1H3,(H2-,15,16,19,20)/p+1. The molecule has 0 aromatic heterocycles. The average Bonchev–Trinajstić information content (AvgIpc) is 2.48. The average molecular weight is 324 g/mol. The molecule has 0 bridgehead atoms. The van der Waals surface area contributed by atoms with Crippen LogP contribution in [0.25, 0.3) is 5.70 Å². The number of carbonyl (C=O) groups excluding carboxylic acids is 2. The van der Waals surface area contributed by atoms with Gasteiger partial charge in [-0.1, -0.05) is 12.1 Å². The number of aliphatic hydroxyl groups is 1. The molecular formula is C14H18N3O4S+. The lowest BCUT2D eigenvalue weighted by Gasteiger charge is -2.34. The summed E-state index contributed by atoms with van der Waals surface area (Å²) in [4.78, 5) is 24.3. The van der Waals surface area contributed by atoms with E-state index in [0.29, 0.717) is 22.5 Å². The fourth-order valence-electron chi connectivity index (χ4n) is 2.27. The first-order chi connectivity index (χ1) is 10.4. The van der Waals surface area contributed by atoms with Gasteiger partial charge in [-0.25, -0.2) is 10.1 Å². The number of nitrogens with zero attached hydrogens (tertiary/aromatic N) is 1. The van der Waals surface area contributed by atoms with Crippen LogP contribution in [-0.2, 0) is 9.53 Å². The summed E-state index contributed by atoms with van der Waals surface area (Å²) in [6.07, 6.45) is 0. The molecule has 1 heterocycles. The minimum Gasteiger partial charge on any atom is -0.398 e. The number of imide groups is 1. The lowest BCUT2D eigenvalue weighted by molar-refractivity contribution is -0.658. The number of urea groups is 1. The molecule has 0 saturated carbocycles. The first-order valence-electron chi connectivity index (χ1n) is 6.63. The molecule has 1 aromatic rings. The number of hydrogen-bond acceptors (Lipinski definition) is 6. The van der Waals surface area contributed by atoms with Crippen molar-refractivity contribution in [3.63, 3.8) is 0 Å². The van der Waals surface area contributed by atoms with Gasteiger partial charge in [0.05, 0.1) is 37.2 Å². The number of anilines is 1. The Morgan fingerprint density at radius 2 is 2.05 bits per heavy atom. The zero-order valence-corrected chi connectivity index (χ0v) is 13.0. The number of para-hydroxylation sites is 1. The molecule has 4 N–H and O–H groups in total. The van der Waals surface area contributed by atoms with Crippen molar-refractivity contribution in [3.05, 3.63) is 35.4 Å². The van der Waals surface area contributed by atoms with E-state index in [2.05, 4.69) is 18.1 Å². The number of benzene rings is 1. The molecule has 22 heavy (non-hydrogen) atoms. The third-order valence-electron chi connectivity index (χ3n) is 3.35. The van der Waals surface area contributed by atoms with Crippen molar-refractivity contribution in [2.45, 2.75) is 6.92 Å². The van der Waals surface area contributed by atoms with Crippen LogP contribution in [0, 0.1) is 0 Å². The zero-order valence-electron chi connectivity index (χ0n) is 12.1. The smallest absolute Gasteiger partial charge is 0.398 e. The Hall–Kier alpha value is -1.87. The fourth-order valence-corrected chi connectivity index (χ4v) is 2.66. The fraction of sp³-hybridized carbons (Fsp3) is 0.286. The number of ether oxygens (including phenoxy) is 1. The molecule has 1 aliphatic rings. The Morgan fingerprint density at radius 3 is 2.68 bits per heavy atom. The van der Waals surface area contributed by atoms with Crippen LogP contribution in [0.3, 0.4) is 0 Å². The Labute approximate surface area is 133 Å². The molecule has 0 aliphatic carbocycles. The molecule has 1 aliphatic heterocycles. The van der Waals surface area contributed by atoms with E-state index in [1.165, 1.54) is 0 Å².